The molecule has 0 bridgehead atoms. The van der Waals surface area contributed by atoms with E-state index in [1.54, 1.807) is 0 Å². The van der Waals surface area contributed by atoms with Gasteiger partial charge >= 0.3 is 29.6 Å². The number of carbonyl (C=O) groups is 1. The van der Waals surface area contributed by atoms with Gasteiger partial charge in [-0.3, -0.25) is 4.79 Å². The zero-order chi connectivity index (χ0) is 50.1. The smallest absolute Gasteiger partial charge is 1.00 e. The summed E-state index contributed by atoms with van der Waals surface area (Å²) in [5, 5.41) is 60.0. The fraction of sp³-hybridized carbons (Fsp3) is 0.918. The third-order valence-corrected chi connectivity index (χ3v) is 27.1. The predicted octanol–water partition coefficient (Wildman–Crippen LogP) is 8.49. The Kier molecular flexibility index (Phi) is 17.0. The maximum Gasteiger partial charge on any atom is 1.00 e. The van der Waals surface area contributed by atoms with Crippen molar-refractivity contribution in [3.8, 4) is 0 Å². The normalized spacial score (nSPS) is 53.8. The van der Waals surface area contributed by atoms with E-state index in [0.717, 1.165) is 52.1 Å². The van der Waals surface area contributed by atoms with E-state index in [2.05, 4.69) is 82.4 Å². The van der Waals surface area contributed by atoms with Gasteiger partial charge in [0.05, 0.1) is 24.7 Å². The summed E-state index contributed by atoms with van der Waals surface area (Å²) in [5.74, 6) is 5.82. The standard InChI is InChI=1S/C30H50O3.C30H48O3.CH4O.B.Na.H/c2*1-19(2)20-9-14-30(18-32)16-15-28(5)21(25(20)30)7-8-23-26(3)12-11-24(33)27(4,17-31)22(26)10-13-29(23,28)6;1-2;;;/h20-25,31-33H,1,7-18H2,2-6H3;20-23,25,31-32H,1,7-18H2,2-6H3;2H,1H3;;;/q;;;;+1;-1/t20-,21+,22+,23+,24-,25+,26-,27+,28+,29+,30+;20-,21+,22+,23+,25+,26-,27+,28+,29+,30+;;;;/m00..../s1. The van der Waals surface area contributed by atoms with Crippen LogP contribution in [0.2, 0.25) is 0 Å². The molecule has 9 heteroatoms. The first-order valence-corrected chi connectivity index (χ1v) is 28.3. The molecule has 0 spiro atoms. The van der Waals surface area contributed by atoms with Crippen LogP contribution in [0.15, 0.2) is 24.3 Å². The molecule has 10 aliphatic rings. The van der Waals surface area contributed by atoms with Gasteiger partial charge in [0, 0.05) is 40.6 Å². The Morgan fingerprint density at radius 1 is 0.514 bits per heavy atom. The monoisotopic (exact) mass is 982 g/mol. The minimum absolute atomic E-state index is 0. The maximum absolute atomic E-state index is 13.0. The van der Waals surface area contributed by atoms with Crippen LogP contribution in [0, 0.1) is 113 Å². The number of aliphatic hydroxyl groups excluding tert-OH is 6. The molecule has 6 N–H and O–H groups in total. The fourth-order valence-corrected chi connectivity index (χ4v) is 23.0. The number of allylic oxidation sites excluding steroid dienone is 2. The van der Waals surface area contributed by atoms with Crippen molar-refractivity contribution in [2.24, 2.45) is 113 Å². The molecule has 10 rings (SSSR count). The van der Waals surface area contributed by atoms with E-state index in [1.165, 1.54) is 88.2 Å². The van der Waals surface area contributed by atoms with E-state index in [0.29, 0.717) is 78.8 Å². The summed E-state index contributed by atoms with van der Waals surface area (Å²) >= 11 is 0. The van der Waals surface area contributed by atoms with E-state index in [9.17, 15) is 30.3 Å². The van der Waals surface area contributed by atoms with E-state index < -0.39 is 5.41 Å². The van der Waals surface area contributed by atoms with Crippen LogP contribution in [0.4, 0.5) is 0 Å². The number of aliphatic hydroxyl groups is 6. The van der Waals surface area contributed by atoms with Crippen LogP contribution in [0.3, 0.4) is 0 Å². The summed E-state index contributed by atoms with van der Waals surface area (Å²) in [4.78, 5) is 13.0. The molecule has 0 saturated heterocycles. The van der Waals surface area contributed by atoms with Crippen molar-refractivity contribution in [3.05, 3.63) is 24.3 Å². The second-order valence-electron chi connectivity index (χ2n) is 28.6. The van der Waals surface area contributed by atoms with Crippen molar-refractivity contribution in [2.75, 3.05) is 33.5 Å². The minimum Gasteiger partial charge on any atom is -1.00 e. The van der Waals surface area contributed by atoms with E-state index in [4.69, 9.17) is 5.11 Å². The van der Waals surface area contributed by atoms with Gasteiger partial charge < -0.3 is 32.1 Å². The zero-order valence-corrected chi connectivity index (χ0v) is 48.9. The second-order valence-corrected chi connectivity index (χ2v) is 28.6. The van der Waals surface area contributed by atoms with Crippen LogP contribution in [0.5, 0.6) is 0 Å². The predicted molar refractivity (Wildman–Crippen MR) is 281 cm³/mol. The number of carbonyl (C=O) groups excluding carboxylic acids is 1. The first-order valence-electron chi connectivity index (χ1n) is 28.3. The van der Waals surface area contributed by atoms with E-state index >= 15 is 0 Å². The van der Waals surface area contributed by atoms with Crippen molar-refractivity contribution < 1.29 is 66.4 Å². The largest absolute Gasteiger partial charge is 1.00 e. The number of rotatable bonds is 6. The number of ketones is 1. The topological polar surface area (TPSA) is 138 Å². The van der Waals surface area contributed by atoms with Crippen molar-refractivity contribution in [2.45, 2.75) is 204 Å². The molecule has 393 valence electrons. The SMILES string of the molecule is C=C(C)[C@@H]1CC[C@]2(CO)CC[C@]3(C)[C@H](CC[C@@H]4[C@@]5(C)CCC(=O)[C@](C)(CO)[C@@H]5CC[C@]43C)[C@@H]12.C=C(C)[C@@H]1CC[C@]2(CO)CC[C@]3(C)[C@H](CC[C@@H]4[C@@]5(C)CC[C@H](O)[C@](C)(CO)[C@@H]5CC[C@]43C)[C@@H]12.CO.[B].[H-].[Na+]. The third-order valence-electron chi connectivity index (χ3n) is 27.1. The summed E-state index contributed by atoms with van der Waals surface area (Å²) < 4.78 is 0. The third kappa shape index (κ3) is 7.78. The Morgan fingerprint density at radius 2 is 0.943 bits per heavy atom. The number of Topliss-reactive ketones (excluding diaryl/α,β-unsaturated/α-hetero) is 1. The van der Waals surface area contributed by atoms with Crippen LogP contribution in [-0.2, 0) is 4.79 Å². The van der Waals surface area contributed by atoms with Crippen LogP contribution < -0.4 is 29.6 Å². The molecule has 0 aromatic carbocycles. The van der Waals surface area contributed by atoms with Gasteiger partial charge in [-0.2, -0.15) is 0 Å². The Morgan fingerprint density at radius 3 is 1.34 bits per heavy atom. The second kappa shape index (κ2) is 20.1. The quantitative estimate of drug-likeness (QED) is 0.116. The molecule has 7 nitrogen and oxygen atoms in total. The van der Waals surface area contributed by atoms with Gasteiger partial charge in [-0.25, -0.2) is 0 Å². The average Bonchev–Trinajstić information content (AvgIpc) is 3.91. The van der Waals surface area contributed by atoms with Crippen molar-refractivity contribution >= 4 is 14.2 Å². The number of fused-ring (bicyclic) bond motifs is 14. The minimum atomic E-state index is -0.568. The van der Waals surface area contributed by atoms with E-state index in [-0.39, 0.29) is 113 Å². The summed E-state index contributed by atoms with van der Waals surface area (Å²) in [6.45, 7) is 33.8. The fourth-order valence-electron chi connectivity index (χ4n) is 23.0. The van der Waals surface area contributed by atoms with Crippen LogP contribution in [0.1, 0.15) is 199 Å². The van der Waals surface area contributed by atoms with Gasteiger partial charge in [-0.1, -0.05) is 79.7 Å². The zero-order valence-electron chi connectivity index (χ0n) is 47.9. The number of hydrogen-bond donors (Lipinski definition) is 6. The van der Waals surface area contributed by atoms with Crippen LogP contribution >= 0.6 is 0 Å². The van der Waals surface area contributed by atoms with Gasteiger partial charge in [0.25, 0.3) is 0 Å². The summed E-state index contributed by atoms with van der Waals surface area (Å²) in [5.41, 5.74) is 3.34. The van der Waals surface area contributed by atoms with Gasteiger partial charge in [0.1, 0.15) is 5.78 Å². The Hall–Kier alpha value is -0.0251. The summed E-state index contributed by atoms with van der Waals surface area (Å²) in [7, 11) is 1.00. The Bertz CT molecular complexity index is 1950. The molecule has 0 unspecified atom stereocenters. The molecule has 0 aromatic rings. The molecule has 3 radical (unpaired) electrons. The molecule has 0 heterocycles. The molecule has 0 amide bonds. The van der Waals surface area contributed by atoms with Gasteiger partial charge in [0.15, 0.2) is 0 Å². The molecule has 0 aromatic heterocycles. The molecular formula is C61H103BNaO7. The van der Waals surface area contributed by atoms with Crippen molar-refractivity contribution in [1.82, 2.24) is 0 Å². The van der Waals surface area contributed by atoms with Gasteiger partial charge in [0.2, 0.25) is 0 Å². The Labute approximate surface area is 452 Å². The van der Waals surface area contributed by atoms with E-state index in [1.807, 2.05) is 0 Å². The van der Waals surface area contributed by atoms with Crippen LogP contribution in [0.25, 0.3) is 0 Å². The molecule has 10 fully saturated rings. The van der Waals surface area contributed by atoms with Crippen molar-refractivity contribution in [1.29, 1.82) is 0 Å². The summed E-state index contributed by atoms with van der Waals surface area (Å²) in [6.07, 6.45) is 22.3. The van der Waals surface area contributed by atoms with Gasteiger partial charge in [-0.05, 0) is 238 Å². The molecule has 10 saturated carbocycles. The molecule has 21 atom stereocenters. The molecular weight excluding hydrogens is 878 g/mol. The first kappa shape index (κ1) is 59.2. The molecule has 10 aliphatic carbocycles. The number of hydrogen-bond acceptors (Lipinski definition) is 7. The molecule has 0 aliphatic heterocycles. The average molecular weight is 982 g/mol. The van der Waals surface area contributed by atoms with Crippen LogP contribution in [-0.4, -0.2) is 84.5 Å². The van der Waals surface area contributed by atoms with Gasteiger partial charge in [-0.15, -0.1) is 0 Å². The first-order chi connectivity index (χ1) is 31.9. The summed E-state index contributed by atoms with van der Waals surface area (Å²) in [6, 6.07) is 0. The maximum atomic E-state index is 13.0. The Balaban J connectivity index is 0.000000245. The molecule has 70 heavy (non-hydrogen) atoms. The van der Waals surface area contributed by atoms with Crippen molar-refractivity contribution in [3.63, 3.8) is 0 Å².